The fourth-order valence-electron chi connectivity index (χ4n) is 6.95. The van der Waals surface area contributed by atoms with Crippen LogP contribution in [0.2, 0.25) is 0 Å². The lowest BCUT2D eigenvalue weighted by molar-refractivity contribution is -0.138. The summed E-state index contributed by atoms with van der Waals surface area (Å²) in [6.07, 6.45) is -1.13. The number of rotatable bonds is 2. The Morgan fingerprint density at radius 3 is 2.11 bits per heavy atom. The van der Waals surface area contributed by atoms with Gasteiger partial charge in [0.2, 0.25) is 17.6 Å². The molecule has 17 heteroatoms. The highest BCUT2D eigenvalue weighted by Gasteiger charge is 2.77. The molecule has 2 heterocycles. The summed E-state index contributed by atoms with van der Waals surface area (Å²) in [5.41, 5.74) is -2.53. The van der Waals surface area contributed by atoms with Crippen LogP contribution in [0, 0.1) is 52.7 Å². The van der Waals surface area contributed by atoms with Gasteiger partial charge in [-0.2, -0.15) is 4.90 Å². The Kier molecular flexibility index (Phi) is 6.83. The zero-order valence-electron chi connectivity index (χ0n) is 22.3. The van der Waals surface area contributed by atoms with Gasteiger partial charge in [0, 0.05) is 11.5 Å². The van der Waals surface area contributed by atoms with E-state index in [9.17, 15) is 55.4 Å². The summed E-state index contributed by atoms with van der Waals surface area (Å²) in [6.45, 7) is 0. The van der Waals surface area contributed by atoms with E-state index in [1.807, 2.05) is 0 Å². The monoisotopic (exact) mass is 676 g/mol. The standard InChI is InChI=1S/C28H16Cl2F6N2O7/c1-45-26(44)38-22(40)9-6-5-8-11(13(9)23(38)41)7-27(29)24(42)37(20-18(35)16(33)15(32)17(34)19(20)36)25(43)28(27,30)14(8)10-3-2-4-12(31)21(10)39/h2-5,9,11,13-14,39H,6-7H2,1H3. The number of amides is 5. The predicted octanol–water partition coefficient (Wildman–Crippen LogP) is 4.56. The minimum atomic E-state index is -2.94. The van der Waals surface area contributed by atoms with Crippen molar-refractivity contribution >= 4 is 58.6 Å². The average molecular weight is 677 g/mol. The number of phenols is 1. The van der Waals surface area contributed by atoms with E-state index in [0.717, 1.165) is 25.3 Å². The van der Waals surface area contributed by atoms with Crippen molar-refractivity contribution < 1.29 is 60.2 Å². The van der Waals surface area contributed by atoms with Crippen LogP contribution in [0.15, 0.2) is 29.8 Å². The van der Waals surface area contributed by atoms with Crippen molar-refractivity contribution in [3.63, 3.8) is 0 Å². The Labute approximate surface area is 257 Å². The zero-order valence-corrected chi connectivity index (χ0v) is 23.9. The fraction of sp³-hybridized carbons (Fsp3) is 0.321. The van der Waals surface area contributed by atoms with Gasteiger partial charge >= 0.3 is 6.09 Å². The molecule has 3 fully saturated rings. The van der Waals surface area contributed by atoms with Crippen LogP contribution >= 0.6 is 23.2 Å². The third kappa shape index (κ3) is 3.67. The number of aromatic hydroxyl groups is 1. The molecule has 2 aromatic carbocycles. The first-order chi connectivity index (χ1) is 21.1. The number of likely N-dealkylation sites (tertiary alicyclic amines) is 1. The van der Waals surface area contributed by atoms with Crippen LogP contribution in [-0.4, -0.2) is 56.6 Å². The molecule has 5 amide bonds. The molecule has 6 rings (SSSR count). The third-order valence-electron chi connectivity index (χ3n) is 8.91. The Hall–Kier alpha value is -4.11. The number of ether oxygens (including phenoxy) is 1. The minimum Gasteiger partial charge on any atom is -0.505 e. The summed E-state index contributed by atoms with van der Waals surface area (Å²) in [4.78, 5) is 60.9. The highest BCUT2D eigenvalue weighted by atomic mass is 35.5. The number of carbonyl (C=O) groups excluding carboxylic acids is 5. The van der Waals surface area contributed by atoms with E-state index in [2.05, 4.69) is 4.74 Å². The van der Waals surface area contributed by atoms with E-state index < -0.39 is 126 Å². The number of hydrogen-bond acceptors (Lipinski definition) is 7. The molecule has 1 saturated carbocycles. The summed E-state index contributed by atoms with van der Waals surface area (Å²) >= 11 is 13.7. The van der Waals surface area contributed by atoms with Gasteiger partial charge in [-0.1, -0.05) is 23.8 Å². The Bertz CT molecular complexity index is 1790. The number of alkyl halides is 2. The topological polar surface area (TPSA) is 121 Å². The van der Waals surface area contributed by atoms with Crippen LogP contribution in [-0.2, 0) is 23.9 Å². The molecule has 9 nitrogen and oxygen atoms in total. The number of para-hydroxylation sites is 1. The van der Waals surface area contributed by atoms with Gasteiger partial charge in [0.15, 0.2) is 44.6 Å². The van der Waals surface area contributed by atoms with Crippen LogP contribution < -0.4 is 4.90 Å². The second-order valence-electron chi connectivity index (χ2n) is 10.9. The molecule has 6 atom stereocenters. The van der Waals surface area contributed by atoms with E-state index in [-0.39, 0.29) is 16.9 Å². The van der Waals surface area contributed by atoms with Crippen LogP contribution in [0.4, 0.5) is 36.8 Å². The average Bonchev–Trinajstić information content (AvgIpc) is 3.35. The molecule has 2 aromatic rings. The second kappa shape index (κ2) is 9.94. The normalized spacial score (nSPS) is 30.7. The number of imide groups is 4. The van der Waals surface area contributed by atoms with Crippen molar-refractivity contribution in [2.24, 2.45) is 17.8 Å². The third-order valence-corrected chi connectivity index (χ3v) is 10.3. The van der Waals surface area contributed by atoms with Gasteiger partial charge in [0.1, 0.15) is 5.69 Å². The van der Waals surface area contributed by atoms with Crippen LogP contribution in [0.3, 0.4) is 0 Å². The molecule has 0 spiro atoms. The number of allylic oxidation sites excluding steroid dienone is 2. The molecule has 2 aliphatic carbocycles. The highest BCUT2D eigenvalue weighted by Crippen LogP contribution is 2.66. The number of nitrogens with zero attached hydrogens (tertiary/aromatic N) is 2. The maximum absolute atomic E-state index is 15.0. The Morgan fingerprint density at radius 2 is 1.51 bits per heavy atom. The molecule has 6 unspecified atom stereocenters. The lowest BCUT2D eigenvalue weighted by Crippen LogP contribution is -2.60. The number of phenolic OH excluding ortho intramolecular Hbond substituents is 1. The summed E-state index contributed by atoms with van der Waals surface area (Å²) in [6, 6.07) is 2.96. The van der Waals surface area contributed by atoms with E-state index in [1.165, 1.54) is 6.08 Å². The van der Waals surface area contributed by atoms with Crippen molar-refractivity contribution in [3.8, 4) is 5.75 Å². The first-order valence-electron chi connectivity index (χ1n) is 13.0. The summed E-state index contributed by atoms with van der Waals surface area (Å²) in [5, 5.41) is 10.7. The lowest BCUT2D eigenvalue weighted by Gasteiger charge is -2.50. The molecular weight excluding hydrogens is 661 g/mol. The molecule has 45 heavy (non-hydrogen) atoms. The van der Waals surface area contributed by atoms with Crippen LogP contribution in [0.5, 0.6) is 5.75 Å². The van der Waals surface area contributed by atoms with Gasteiger partial charge in [0.25, 0.3) is 11.8 Å². The number of fused-ring (bicyclic) bond motifs is 4. The van der Waals surface area contributed by atoms with Gasteiger partial charge in [0.05, 0.1) is 18.9 Å². The summed E-state index contributed by atoms with van der Waals surface area (Å²) in [7, 11) is 0.907. The molecule has 0 bridgehead atoms. The number of anilines is 1. The van der Waals surface area contributed by atoms with E-state index in [0.29, 0.717) is 0 Å². The highest BCUT2D eigenvalue weighted by molar-refractivity contribution is 6.58. The molecular formula is C28H16Cl2F6N2O7. The second-order valence-corrected chi connectivity index (χ2v) is 12.1. The lowest BCUT2D eigenvalue weighted by atomic mass is 9.56. The number of methoxy groups -OCH3 is 1. The van der Waals surface area contributed by atoms with E-state index in [1.54, 1.807) is 0 Å². The predicted molar refractivity (Wildman–Crippen MR) is 139 cm³/mol. The van der Waals surface area contributed by atoms with Crippen molar-refractivity contribution in [1.82, 2.24) is 4.90 Å². The van der Waals surface area contributed by atoms with Crippen molar-refractivity contribution in [2.45, 2.75) is 28.5 Å². The number of benzene rings is 2. The van der Waals surface area contributed by atoms with E-state index >= 15 is 0 Å². The molecule has 2 aliphatic heterocycles. The Balaban J connectivity index is 1.61. The summed E-state index contributed by atoms with van der Waals surface area (Å²) < 4.78 is 91.6. The van der Waals surface area contributed by atoms with Gasteiger partial charge in [-0.15, -0.1) is 23.2 Å². The number of halogens is 8. The summed E-state index contributed by atoms with van der Waals surface area (Å²) in [5.74, 6) is -26.6. The molecule has 0 radical (unpaired) electrons. The van der Waals surface area contributed by atoms with Gasteiger partial charge in [-0.05, 0) is 24.8 Å². The van der Waals surface area contributed by atoms with Crippen LogP contribution in [0.25, 0.3) is 0 Å². The molecule has 2 saturated heterocycles. The maximum atomic E-state index is 15.0. The molecule has 4 aliphatic rings. The van der Waals surface area contributed by atoms with Crippen molar-refractivity contribution in [3.05, 3.63) is 70.3 Å². The maximum Gasteiger partial charge on any atom is 0.423 e. The number of carbonyl (C=O) groups is 5. The molecule has 1 N–H and O–H groups in total. The SMILES string of the molecule is COC(=O)N1C(=O)C2CC=C3C(CC4(Cl)C(=O)N(c5c(F)c(F)c(F)c(F)c5F)C(=O)C4(Cl)C3c3cccc(F)c3O)C2C1=O. The van der Waals surface area contributed by atoms with Gasteiger partial charge in [-0.25, -0.2) is 36.0 Å². The van der Waals surface area contributed by atoms with Gasteiger partial charge in [-0.3, -0.25) is 19.2 Å². The smallest absolute Gasteiger partial charge is 0.423 e. The quantitative estimate of drug-likeness (QED) is 0.124. The minimum absolute atomic E-state index is 0.0447. The van der Waals surface area contributed by atoms with Crippen molar-refractivity contribution in [2.75, 3.05) is 12.0 Å². The molecule has 0 aromatic heterocycles. The number of hydrogen-bond donors (Lipinski definition) is 1. The van der Waals surface area contributed by atoms with E-state index in [4.69, 9.17) is 23.2 Å². The first kappa shape index (κ1) is 30.9. The van der Waals surface area contributed by atoms with Crippen molar-refractivity contribution in [1.29, 1.82) is 0 Å². The zero-order chi connectivity index (χ0) is 33.1. The largest absolute Gasteiger partial charge is 0.505 e. The first-order valence-corrected chi connectivity index (χ1v) is 13.7. The van der Waals surface area contributed by atoms with Crippen LogP contribution in [0.1, 0.15) is 24.3 Å². The van der Waals surface area contributed by atoms with Gasteiger partial charge < -0.3 is 9.84 Å². The fourth-order valence-corrected chi connectivity index (χ4v) is 7.88. The Morgan fingerprint density at radius 1 is 0.911 bits per heavy atom. The molecule has 236 valence electrons.